The molecule has 1 atom stereocenters. The zero-order valence-electron chi connectivity index (χ0n) is 15.9. The van der Waals surface area contributed by atoms with Gasteiger partial charge in [0.1, 0.15) is 5.75 Å². The third kappa shape index (κ3) is 2.61. The van der Waals surface area contributed by atoms with E-state index in [1.165, 1.54) is 0 Å². The number of benzene rings is 2. The van der Waals surface area contributed by atoms with Crippen LogP contribution in [0.25, 0.3) is 22.0 Å². The van der Waals surface area contributed by atoms with Gasteiger partial charge in [-0.05, 0) is 30.7 Å². The number of aryl methyl sites for hydroxylation is 1. The molecule has 30 heavy (non-hydrogen) atoms. The number of carbonyl (C=O) groups excluding carboxylic acids is 1. The van der Waals surface area contributed by atoms with Crippen molar-refractivity contribution >= 4 is 39.4 Å². The molecule has 2 aliphatic rings. The van der Waals surface area contributed by atoms with Crippen LogP contribution in [0.5, 0.6) is 5.75 Å². The fraction of sp³-hybridized carbons (Fsp3) is 0.174. The van der Waals surface area contributed by atoms with Gasteiger partial charge in [-0.2, -0.15) is 0 Å². The van der Waals surface area contributed by atoms with Crippen molar-refractivity contribution in [3.05, 3.63) is 76.1 Å². The van der Waals surface area contributed by atoms with Crippen LogP contribution in [0.4, 0.5) is 0 Å². The number of aliphatic hydroxyl groups excluding tert-OH is 2. The van der Waals surface area contributed by atoms with Gasteiger partial charge in [-0.3, -0.25) is 4.79 Å². The summed E-state index contributed by atoms with van der Waals surface area (Å²) in [5.41, 5.74) is 4.00. The van der Waals surface area contributed by atoms with Crippen LogP contribution in [0.3, 0.4) is 0 Å². The number of aliphatic hydroxyl groups is 2. The SMILES string of the molecule is O=C1C(c2ccccc2Cl)=C2C(=CNC2O)c2c1n(CCCO)c1ccc(O)cc21. The molecule has 3 aromatic rings. The number of nitrogens with one attached hydrogen (secondary N) is 1. The Morgan fingerprint density at radius 1 is 1.17 bits per heavy atom. The molecule has 1 aliphatic carbocycles. The van der Waals surface area contributed by atoms with Crippen LogP contribution in [0, 0.1) is 0 Å². The maximum Gasteiger partial charge on any atom is 0.211 e. The quantitative estimate of drug-likeness (QED) is 0.517. The van der Waals surface area contributed by atoms with Crippen molar-refractivity contribution < 1.29 is 20.1 Å². The molecule has 1 aliphatic heterocycles. The van der Waals surface area contributed by atoms with E-state index in [2.05, 4.69) is 5.32 Å². The van der Waals surface area contributed by atoms with Gasteiger partial charge < -0.3 is 25.2 Å². The highest BCUT2D eigenvalue weighted by Gasteiger charge is 2.40. The maximum atomic E-state index is 13.9. The van der Waals surface area contributed by atoms with Crippen LogP contribution < -0.4 is 5.32 Å². The Bertz CT molecular complexity index is 1270. The number of rotatable bonds is 4. The third-order valence-corrected chi connectivity index (χ3v) is 5.99. The van der Waals surface area contributed by atoms with Gasteiger partial charge in [0.2, 0.25) is 5.78 Å². The Hall–Kier alpha value is -3.06. The summed E-state index contributed by atoms with van der Waals surface area (Å²) < 4.78 is 1.88. The predicted molar refractivity (Wildman–Crippen MR) is 115 cm³/mol. The molecule has 0 saturated carbocycles. The van der Waals surface area contributed by atoms with Crippen LogP contribution in [0.15, 0.2) is 54.2 Å². The summed E-state index contributed by atoms with van der Waals surface area (Å²) in [6.07, 6.45) is 1.13. The van der Waals surface area contributed by atoms with E-state index in [0.29, 0.717) is 56.9 Å². The lowest BCUT2D eigenvalue weighted by Gasteiger charge is -2.23. The molecule has 152 valence electrons. The minimum Gasteiger partial charge on any atom is -0.508 e. The second-order valence-corrected chi connectivity index (χ2v) is 7.79. The number of fused-ring (bicyclic) bond motifs is 5. The lowest BCUT2D eigenvalue weighted by molar-refractivity contribution is 0.104. The van der Waals surface area contributed by atoms with E-state index in [1.807, 2.05) is 4.57 Å². The molecule has 0 radical (unpaired) electrons. The second-order valence-electron chi connectivity index (χ2n) is 7.38. The topological polar surface area (TPSA) is 94.7 Å². The van der Waals surface area contributed by atoms with Crippen LogP contribution in [-0.2, 0) is 6.54 Å². The van der Waals surface area contributed by atoms with Crippen molar-refractivity contribution in [2.75, 3.05) is 6.61 Å². The van der Waals surface area contributed by atoms with E-state index in [4.69, 9.17) is 11.6 Å². The Morgan fingerprint density at radius 2 is 1.97 bits per heavy atom. The van der Waals surface area contributed by atoms with Gasteiger partial charge in [-0.25, -0.2) is 0 Å². The van der Waals surface area contributed by atoms with Crippen LogP contribution in [0.1, 0.15) is 28.0 Å². The van der Waals surface area contributed by atoms with Crippen molar-refractivity contribution in [1.29, 1.82) is 0 Å². The number of nitrogens with zero attached hydrogens (tertiary/aromatic N) is 1. The Labute approximate surface area is 177 Å². The second kappa shape index (κ2) is 7.02. The van der Waals surface area contributed by atoms with Gasteiger partial charge in [0.15, 0.2) is 6.23 Å². The average molecular weight is 423 g/mol. The molecule has 1 unspecified atom stereocenters. The first kappa shape index (κ1) is 18.9. The molecule has 5 rings (SSSR count). The molecule has 7 heteroatoms. The minimum atomic E-state index is -1.04. The average Bonchev–Trinajstić information content (AvgIpc) is 3.26. The Balaban J connectivity index is 1.86. The van der Waals surface area contributed by atoms with Crippen molar-refractivity contribution in [2.24, 2.45) is 0 Å². The first-order chi connectivity index (χ1) is 14.5. The van der Waals surface area contributed by atoms with Crippen LogP contribution in [-0.4, -0.2) is 38.5 Å². The number of carbonyl (C=O) groups is 1. The van der Waals surface area contributed by atoms with Gasteiger partial charge in [-0.15, -0.1) is 0 Å². The fourth-order valence-electron chi connectivity index (χ4n) is 4.43. The number of ketones is 1. The summed E-state index contributed by atoms with van der Waals surface area (Å²) in [6, 6.07) is 12.0. The number of allylic oxidation sites excluding steroid dienone is 1. The maximum absolute atomic E-state index is 13.9. The molecule has 1 aromatic heterocycles. The minimum absolute atomic E-state index is 0.0118. The van der Waals surface area contributed by atoms with Crippen molar-refractivity contribution in [3.63, 3.8) is 0 Å². The highest BCUT2D eigenvalue weighted by atomic mass is 35.5. The van der Waals surface area contributed by atoms with Gasteiger partial charge in [0, 0.05) is 63.1 Å². The zero-order valence-corrected chi connectivity index (χ0v) is 16.6. The van der Waals surface area contributed by atoms with E-state index < -0.39 is 6.23 Å². The van der Waals surface area contributed by atoms with E-state index in [-0.39, 0.29) is 18.1 Å². The van der Waals surface area contributed by atoms with Gasteiger partial charge in [-0.1, -0.05) is 29.8 Å². The number of phenols is 1. The van der Waals surface area contributed by atoms with Crippen LogP contribution >= 0.6 is 11.6 Å². The number of Topliss-reactive ketones (excluding diaryl/α,β-unsaturated/α-hetero) is 1. The molecular formula is C23H19ClN2O4. The van der Waals surface area contributed by atoms with Gasteiger partial charge in [0.05, 0.1) is 5.69 Å². The number of aromatic hydroxyl groups is 1. The molecule has 2 heterocycles. The fourth-order valence-corrected chi connectivity index (χ4v) is 4.66. The van der Waals surface area contributed by atoms with Gasteiger partial charge in [0.25, 0.3) is 0 Å². The number of halogens is 1. The third-order valence-electron chi connectivity index (χ3n) is 5.66. The summed E-state index contributed by atoms with van der Waals surface area (Å²) >= 11 is 6.43. The lowest BCUT2D eigenvalue weighted by Crippen LogP contribution is -2.25. The van der Waals surface area contributed by atoms with Crippen LogP contribution in [0.2, 0.25) is 5.02 Å². The molecular weight excluding hydrogens is 404 g/mol. The molecule has 6 nitrogen and oxygen atoms in total. The lowest BCUT2D eigenvalue weighted by atomic mass is 9.81. The smallest absolute Gasteiger partial charge is 0.211 e. The molecule has 0 bridgehead atoms. The summed E-state index contributed by atoms with van der Waals surface area (Å²) in [5.74, 6) is -0.159. The summed E-state index contributed by atoms with van der Waals surface area (Å²) in [4.78, 5) is 13.9. The van der Waals surface area contributed by atoms with Crippen molar-refractivity contribution in [2.45, 2.75) is 19.2 Å². The first-order valence-electron chi connectivity index (χ1n) is 9.67. The number of aromatic nitrogens is 1. The first-order valence-corrected chi connectivity index (χ1v) is 10.1. The number of hydrogen-bond acceptors (Lipinski definition) is 5. The standard InChI is InChI=1S/C23H19ClN2O4/c24-16-5-2-1-4-13(16)19-20-15(11-25-23(20)30)18-14-10-12(28)6-7-17(14)26(8-3-9-27)21(18)22(19)29/h1-2,4-7,10-11,23,25,27-28,30H,3,8-9H2. The normalized spacial score (nSPS) is 17.8. The van der Waals surface area contributed by atoms with E-state index in [0.717, 1.165) is 5.52 Å². The molecule has 2 aromatic carbocycles. The predicted octanol–water partition coefficient (Wildman–Crippen LogP) is 3.30. The molecule has 4 N–H and O–H groups in total. The molecule has 0 saturated heterocycles. The summed E-state index contributed by atoms with van der Waals surface area (Å²) in [5, 5.41) is 34.2. The molecule has 0 fully saturated rings. The van der Waals surface area contributed by atoms with Crippen molar-refractivity contribution in [3.8, 4) is 5.75 Å². The number of hydrogen-bond donors (Lipinski definition) is 4. The molecule has 0 spiro atoms. The Kier molecular flexibility index (Phi) is 4.43. The highest BCUT2D eigenvalue weighted by molar-refractivity contribution is 6.41. The van der Waals surface area contributed by atoms with E-state index in [9.17, 15) is 20.1 Å². The molecule has 0 amide bonds. The highest BCUT2D eigenvalue weighted by Crippen LogP contribution is 2.48. The Morgan fingerprint density at radius 3 is 2.73 bits per heavy atom. The monoisotopic (exact) mass is 422 g/mol. The van der Waals surface area contributed by atoms with E-state index >= 15 is 0 Å². The largest absolute Gasteiger partial charge is 0.508 e. The summed E-state index contributed by atoms with van der Waals surface area (Å²) in [6.45, 7) is 0.426. The van der Waals surface area contributed by atoms with Crippen molar-refractivity contribution in [1.82, 2.24) is 9.88 Å². The van der Waals surface area contributed by atoms with E-state index in [1.54, 1.807) is 48.7 Å². The van der Waals surface area contributed by atoms with Gasteiger partial charge >= 0.3 is 0 Å². The zero-order chi connectivity index (χ0) is 21.0. The summed E-state index contributed by atoms with van der Waals surface area (Å²) in [7, 11) is 0. The number of phenolic OH excluding ortho intramolecular Hbond substituents is 1.